The van der Waals surface area contributed by atoms with E-state index in [1.807, 2.05) is 6.92 Å². The molecule has 0 bridgehead atoms. The summed E-state index contributed by atoms with van der Waals surface area (Å²) in [5.41, 5.74) is 0. The smallest absolute Gasteiger partial charge is 0.219 e. The van der Waals surface area contributed by atoms with Gasteiger partial charge in [0.25, 0.3) is 0 Å². The van der Waals surface area contributed by atoms with Crippen LogP contribution in [0.3, 0.4) is 0 Å². The first-order valence-electron chi connectivity index (χ1n) is 10.9. The lowest BCUT2D eigenvalue weighted by Crippen LogP contribution is -2.23. The molecular formula is C23H43NO. The lowest BCUT2D eigenvalue weighted by molar-refractivity contribution is -0.121. The fourth-order valence-electron chi connectivity index (χ4n) is 2.83. The average molecular weight is 350 g/mol. The van der Waals surface area contributed by atoms with E-state index in [1.54, 1.807) is 0 Å². The van der Waals surface area contributed by atoms with Crippen molar-refractivity contribution in [3.05, 3.63) is 24.3 Å². The van der Waals surface area contributed by atoms with Crippen molar-refractivity contribution in [1.29, 1.82) is 0 Å². The van der Waals surface area contributed by atoms with Gasteiger partial charge in [-0.2, -0.15) is 0 Å². The van der Waals surface area contributed by atoms with Gasteiger partial charge in [0.15, 0.2) is 0 Å². The maximum atomic E-state index is 11.3. The van der Waals surface area contributed by atoms with Crippen molar-refractivity contribution in [2.75, 3.05) is 6.54 Å². The van der Waals surface area contributed by atoms with Crippen molar-refractivity contribution in [2.24, 2.45) is 0 Å². The van der Waals surface area contributed by atoms with Gasteiger partial charge in [-0.15, -0.1) is 0 Å². The Balaban J connectivity index is 3.20. The third-order valence-corrected chi connectivity index (χ3v) is 4.43. The molecule has 0 fully saturated rings. The first-order valence-corrected chi connectivity index (χ1v) is 10.9. The number of rotatable bonds is 18. The second-order valence-corrected chi connectivity index (χ2v) is 7.04. The van der Waals surface area contributed by atoms with Gasteiger partial charge >= 0.3 is 0 Å². The average Bonchev–Trinajstić information content (AvgIpc) is 2.61. The summed E-state index contributed by atoms with van der Waals surface area (Å²) in [6.45, 7) is 5.16. The standard InChI is InChI=1S/C23H43NO/c1-3-5-6-7-8-9-10-11-12-13-14-15-16-17-18-19-20-22-24-23(25)21-4-2/h9-10,12-13H,3-8,11,14-22H2,1-2H3,(H,24,25)/b10-9-,13-12-. The van der Waals surface area contributed by atoms with Gasteiger partial charge in [0.2, 0.25) is 5.91 Å². The summed E-state index contributed by atoms with van der Waals surface area (Å²) in [7, 11) is 0. The Bertz CT molecular complexity index is 333. The number of carbonyl (C=O) groups excluding carboxylic acids is 1. The fraction of sp³-hybridized carbons (Fsp3) is 0.783. The van der Waals surface area contributed by atoms with E-state index in [-0.39, 0.29) is 5.91 Å². The van der Waals surface area contributed by atoms with Crippen LogP contribution < -0.4 is 5.32 Å². The first kappa shape index (κ1) is 23.9. The number of carbonyl (C=O) groups is 1. The topological polar surface area (TPSA) is 29.1 Å². The summed E-state index contributed by atoms with van der Waals surface area (Å²) in [6, 6.07) is 0. The van der Waals surface area contributed by atoms with Gasteiger partial charge in [0.05, 0.1) is 0 Å². The van der Waals surface area contributed by atoms with Crippen LogP contribution in [-0.4, -0.2) is 12.5 Å². The fourth-order valence-corrected chi connectivity index (χ4v) is 2.83. The number of hydrogen-bond donors (Lipinski definition) is 1. The number of allylic oxidation sites excluding steroid dienone is 4. The summed E-state index contributed by atoms with van der Waals surface area (Å²) < 4.78 is 0. The Morgan fingerprint density at radius 3 is 1.84 bits per heavy atom. The van der Waals surface area contributed by atoms with Crippen LogP contribution in [0.1, 0.15) is 110 Å². The molecule has 0 rings (SSSR count). The van der Waals surface area contributed by atoms with Crippen LogP contribution in [0.5, 0.6) is 0 Å². The molecule has 0 aliphatic carbocycles. The summed E-state index contributed by atoms with van der Waals surface area (Å²) in [6.07, 6.45) is 27.5. The van der Waals surface area contributed by atoms with Crippen LogP contribution in [0, 0.1) is 0 Å². The third-order valence-electron chi connectivity index (χ3n) is 4.43. The van der Waals surface area contributed by atoms with Crippen molar-refractivity contribution in [1.82, 2.24) is 5.32 Å². The van der Waals surface area contributed by atoms with E-state index in [4.69, 9.17) is 0 Å². The van der Waals surface area contributed by atoms with Gasteiger partial charge in [-0.05, 0) is 44.9 Å². The minimum atomic E-state index is 0.209. The maximum absolute atomic E-state index is 11.3. The molecule has 146 valence electrons. The molecule has 1 N–H and O–H groups in total. The largest absolute Gasteiger partial charge is 0.356 e. The minimum Gasteiger partial charge on any atom is -0.356 e. The van der Waals surface area contributed by atoms with Crippen molar-refractivity contribution < 1.29 is 4.79 Å². The second-order valence-electron chi connectivity index (χ2n) is 7.04. The molecule has 0 saturated carbocycles. The molecule has 0 radical (unpaired) electrons. The van der Waals surface area contributed by atoms with E-state index in [0.29, 0.717) is 6.42 Å². The van der Waals surface area contributed by atoms with Gasteiger partial charge < -0.3 is 5.32 Å². The lowest BCUT2D eigenvalue weighted by atomic mass is 10.1. The number of amides is 1. The highest BCUT2D eigenvalue weighted by molar-refractivity contribution is 5.75. The SMILES string of the molecule is CCCCCC/C=C\C/C=C\CCCCCCCCNC(=O)CCC. The van der Waals surface area contributed by atoms with Crippen molar-refractivity contribution >= 4 is 5.91 Å². The summed E-state index contributed by atoms with van der Waals surface area (Å²) in [5.74, 6) is 0.209. The number of nitrogens with one attached hydrogen (secondary N) is 1. The van der Waals surface area contributed by atoms with Crippen LogP contribution in [0.2, 0.25) is 0 Å². The van der Waals surface area contributed by atoms with E-state index < -0.39 is 0 Å². The molecule has 2 nitrogen and oxygen atoms in total. The quantitative estimate of drug-likeness (QED) is 0.207. The zero-order valence-electron chi connectivity index (χ0n) is 17.0. The molecular weight excluding hydrogens is 306 g/mol. The van der Waals surface area contributed by atoms with E-state index in [0.717, 1.165) is 25.8 Å². The Morgan fingerprint density at radius 2 is 1.24 bits per heavy atom. The van der Waals surface area contributed by atoms with Crippen LogP contribution in [0.25, 0.3) is 0 Å². The van der Waals surface area contributed by atoms with Gasteiger partial charge in [-0.3, -0.25) is 4.79 Å². The Morgan fingerprint density at radius 1 is 0.680 bits per heavy atom. The second kappa shape index (κ2) is 21.0. The van der Waals surface area contributed by atoms with Crippen LogP contribution in [-0.2, 0) is 4.79 Å². The molecule has 0 spiro atoms. The van der Waals surface area contributed by atoms with Gasteiger partial charge in [-0.25, -0.2) is 0 Å². The van der Waals surface area contributed by atoms with Crippen molar-refractivity contribution in [3.8, 4) is 0 Å². The molecule has 0 aliphatic rings. The monoisotopic (exact) mass is 349 g/mol. The molecule has 0 aromatic carbocycles. The summed E-state index contributed by atoms with van der Waals surface area (Å²) in [5, 5.41) is 2.98. The molecule has 0 saturated heterocycles. The van der Waals surface area contributed by atoms with E-state index in [9.17, 15) is 4.79 Å². The van der Waals surface area contributed by atoms with E-state index in [2.05, 4.69) is 36.5 Å². The molecule has 0 aliphatic heterocycles. The van der Waals surface area contributed by atoms with Crippen molar-refractivity contribution in [2.45, 2.75) is 110 Å². The molecule has 0 heterocycles. The zero-order valence-corrected chi connectivity index (χ0v) is 17.0. The summed E-state index contributed by atoms with van der Waals surface area (Å²) in [4.78, 5) is 11.3. The Labute approximate surface area is 157 Å². The van der Waals surface area contributed by atoms with Crippen LogP contribution >= 0.6 is 0 Å². The maximum Gasteiger partial charge on any atom is 0.219 e. The van der Waals surface area contributed by atoms with Crippen LogP contribution in [0.4, 0.5) is 0 Å². The highest BCUT2D eigenvalue weighted by atomic mass is 16.1. The van der Waals surface area contributed by atoms with Gasteiger partial charge in [0, 0.05) is 13.0 Å². The molecule has 0 aromatic rings. The molecule has 0 aromatic heterocycles. The van der Waals surface area contributed by atoms with Gasteiger partial charge in [0.1, 0.15) is 0 Å². The minimum absolute atomic E-state index is 0.209. The predicted molar refractivity (Wildman–Crippen MR) is 112 cm³/mol. The zero-order chi connectivity index (χ0) is 18.4. The number of unbranched alkanes of at least 4 members (excludes halogenated alkanes) is 10. The molecule has 0 unspecified atom stereocenters. The van der Waals surface area contributed by atoms with Crippen molar-refractivity contribution in [3.63, 3.8) is 0 Å². The normalized spacial score (nSPS) is 11.6. The third kappa shape index (κ3) is 20.9. The first-order chi connectivity index (χ1) is 12.3. The number of hydrogen-bond acceptors (Lipinski definition) is 1. The Kier molecular flexibility index (Phi) is 20.1. The van der Waals surface area contributed by atoms with Crippen LogP contribution in [0.15, 0.2) is 24.3 Å². The highest BCUT2D eigenvalue weighted by Crippen LogP contribution is 2.08. The molecule has 2 heteroatoms. The molecule has 0 atom stereocenters. The molecule has 1 amide bonds. The van der Waals surface area contributed by atoms with Gasteiger partial charge in [-0.1, -0.05) is 83.1 Å². The van der Waals surface area contributed by atoms with E-state index >= 15 is 0 Å². The summed E-state index contributed by atoms with van der Waals surface area (Å²) >= 11 is 0. The Hall–Kier alpha value is -1.05. The molecule has 25 heavy (non-hydrogen) atoms. The van der Waals surface area contributed by atoms with E-state index in [1.165, 1.54) is 70.6 Å². The lowest BCUT2D eigenvalue weighted by Gasteiger charge is -2.04. The predicted octanol–water partition coefficient (Wildman–Crippen LogP) is 7.11. The highest BCUT2D eigenvalue weighted by Gasteiger charge is 1.97.